The Labute approximate surface area is 100 Å². The number of fused-ring (bicyclic) bond motifs is 1. The van der Waals surface area contributed by atoms with Crippen molar-refractivity contribution in [3.63, 3.8) is 0 Å². The van der Waals surface area contributed by atoms with Gasteiger partial charge in [-0.05, 0) is 18.1 Å². The van der Waals surface area contributed by atoms with Crippen LogP contribution in [0.25, 0.3) is 0 Å². The molecule has 0 aliphatic carbocycles. The first-order valence-electron chi connectivity index (χ1n) is 5.01. The number of hydrogen-bond donors (Lipinski definition) is 2. The van der Waals surface area contributed by atoms with Crippen molar-refractivity contribution < 1.29 is 24.0 Å². The van der Waals surface area contributed by atoms with Crippen molar-refractivity contribution in [1.29, 1.82) is 0 Å². The lowest BCUT2D eigenvalue weighted by Gasteiger charge is -2.52. The minimum atomic E-state index is -1.47. The number of rotatable bonds is 3. The van der Waals surface area contributed by atoms with Crippen LogP contribution in [0.3, 0.4) is 0 Å². The van der Waals surface area contributed by atoms with Crippen LogP contribution >= 0.6 is 0 Å². The number of amides is 2. The van der Waals surface area contributed by atoms with E-state index in [0.29, 0.717) is 6.41 Å². The quantitative estimate of drug-likeness (QED) is 0.351. The minimum absolute atomic E-state index is 0.00613. The van der Waals surface area contributed by atoms with Gasteiger partial charge in [0.05, 0.1) is 0 Å². The molecule has 0 aromatic heterocycles. The van der Waals surface area contributed by atoms with Gasteiger partial charge in [-0.1, -0.05) is 0 Å². The van der Waals surface area contributed by atoms with E-state index in [0.717, 1.165) is 0 Å². The van der Waals surface area contributed by atoms with Crippen LogP contribution in [0.1, 0.15) is 6.92 Å². The van der Waals surface area contributed by atoms with Gasteiger partial charge in [-0.3, -0.25) is 19.3 Å². The van der Waals surface area contributed by atoms with Crippen molar-refractivity contribution in [3.05, 3.63) is 0 Å². The number of carbonyl (C=O) groups is 3. The number of carboxylic acids is 1. The zero-order valence-corrected chi connectivity index (χ0v) is 9.90. The van der Waals surface area contributed by atoms with E-state index in [9.17, 15) is 18.9 Å². The number of hydrogen-bond acceptors (Lipinski definition) is 4. The van der Waals surface area contributed by atoms with Crippen LogP contribution in [0.4, 0.5) is 0 Å². The van der Waals surface area contributed by atoms with Gasteiger partial charge < -0.3 is 15.0 Å². The topological polar surface area (TPSA) is 110 Å². The number of β-lactam (4-membered cyclic amide) rings is 1. The maximum atomic E-state index is 11.9. The Bertz CT molecular complexity index is 390. The fourth-order valence-electron chi connectivity index (χ4n) is 2.16. The predicted molar refractivity (Wildman–Crippen MR) is 57.2 cm³/mol. The van der Waals surface area contributed by atoms with E-state index >= 15 is 0 Å². The summed E-state index contributed by atoms with van der Waals surface area (Å²) < 4.78 is 11.9. The molecule has 2 saturated heterocycles. The Hall–Kier alpha value is -1.28. The maximum absolute atomic E-state index is 11.9. The molecule has 2 aliphatic heterocycles. The van der Waals surface area contributed by atoms with Gasteiger partial charge in [0.25, 0.3) is 5.91 Å². The van der Waals surface area contributed by atoms with Crippen LogP contribution < -0.4 is 5.32 Å². The summed E-state index contributed by atoms with van der Waals surface area (Å²) in [6.45, 7) is 1.51. The molecule has 1 unspecified atom stereocenters. The van der Waals surface area contributed by atoms with Crippen LogP contribution in [0.5, 0.6) is 0 Å². The van der Waals surface area contributed by atoms with Gasteiger partial charge in [0.2, 0.25) is 11.8 Å². The van der Waals surface area contributed by atoms with Gasteiger partial charge >= 0.3 is 5.97 Å². The SMILES string of the molecule is CC1(C(=O)O)CN2C(=O)[C@@H](NC=O)[C@H]2[S@@+]([O-])C1. The highest BCUT2D eigenvalue weighted by Gasteiger charge is 2.62. The average Bonchev–Trinajstić information content (AvgIpc) is 2.25. The Morgan fingerprint density at radius 1 is 1.76 bits per heavy atom. The first-order valence-corrected chi connectivity index (χ1v) is 6.40. The molecule has 2 amide bonds. The lowest BCUT2D eigenvalue weighted by Crippen LogP contribution is -2.77. The van der Waals surface area contributed by atoms with Crippen molar-refractivity contribution in [2.45, 2.75) is 18.3 Å². The summed E-state index contributed by atoms with van der Waals surface area (Å²) in [4.78, 5) is 34.3. The average molecular weight is 260 g/mol. The fourth-order valence-corrected chi connectivity index (χ4v) is 4.14. The molecule has 0 bridgehead atoms. The molecule has 4 atom stereocenters. The second kappa shape index (κ2) is 3.88. The molecule has 0 spiro atoms. The molecule has 2 rings (SSSR count). The third-order valence-corrected chi connectivity index (χ3v) is 5.14. The number of carbonyl (C=O) groups excluding carboxylic acids is 2. The van der Waals surface area contributed by atoms with Gasteiger partial charge in [-0.25, -0.2) is 0 Å². The molecule has 2 N–H and O–H groups in total. The van der Waals surface area contributed by atoms with Crippen molar-refractivity contribution >= 4 is 29.5 Å². The van der Waals surface area contributed by atoms with Crippen LogP contribution in [-0.4, -0.2) is 56.6 Å². The molecular weight excluding hydrogens is 248 g/mol. The number of nitrogens with one attached hydrogen (secondary N) is 1. The molecule has 2 aliphatic rings. The van der Waals surface area contributed by atoms with E-state index in [1.165, 1.54) is 11.8 Å². The number of nitrogens with zero attached hydrogens (tertiary/aromatic N) is 1. The highest BCUT2D eigenvalue weighted by Crippen LogP contribution is 2.37. The highest BCUT2D eigenvalue weighted by atomic mass is 32.2. The lowest BCUT2D eigenvalue weighted by molar-refractivity contribution is -0.158. The van der Waals surface area contributed by atoms with Crippen LogP contribution in [-0.2, 0) is 25.6 Å². The first-order chi connectivity index (χ1) is 7.90. The second-order valence-electron chi connectivity index (χ2n) is 4.51. The molecule has 94 valence electrons. The molecule has 0 saturated carbocycles. The summed E-state index contributed by atoms with van der Waals surface area (Å²) in [6, 6.07) is -0.772. The summed E-state index contributed by atoms with van der Waals surface area (Å²) in [5.41, 5.74) is -1.18. The predicted octanol–water partition coefficient (Wildman–Crippen LogP) is -1.88. The van der Waals surface area contributed by atoms with Crippen molar-refractivity contribution in [2.75, 3.05) is 12.3 Å². The minimum Gasteiger partial charge on any atom is -0.615 e. The highest BCUT2D eigenvalue weighted by molar-refractivity contribution is 7.92. The summed E-state index contributed by atoms with van der Waals surface area (Å²) >= 11 is -1.47. The molecular formula is C9H12N2O5S. The Morgan fingerprint density at radius 3 is 2.94 bits per heavy atom. The van der Waals surface area contributed by atoms with E-state index in [-0.39, 0.29) is 18.2 Å². The summed E-state index contributed by atoms with van der Waals surface area (Å²) in [7, 11) is 0. The Balaban J connectivity index is 2.17. The standard InChI is InChI=1S/C9H12N2O5S/c1-9(8(14)15)2-11-6(13)5(10-4-12)7(11)17(16)3-9/h4-5,7H,2-3H2,1H3,(H,10,12)(H,14,15)/t5-,7-,9?,17+/m1/s1. The maximum Gasteiger partial charge on any atom is 0.315 e. The van der Waals surface area contributed by atoms with E-state index in [1.807, 2.05) is 0 Å². The zero-order chi connectivity index (χ0) is 12.8. The molecule has 0 aromatic rings. The summed E-state index contributed by atoms with van der Waals surface area (Å²) in [5.74, 6) is -1.44. The molecule has 8 heteroatoms. The largest absolute Gasteiger partial charge is 0.615 e. The normalized spacial score (nSPS) is 40.2. The van der Waals surface area contributed by atoms with Gasteiger partial charge in [-0.2, -0.15) is 0 Å². The van der Waals surface area contributed by atoms with E-state index in [2.05, 4.69) is 5.32 Å². The van der Waals surface area contributed by atoms with E-state index in [1.54, 1.807) is 0 Å². The Morgan fingerprint density at radius 2 is 2.41 bits per heavy atom. The molecule has 7 nitrogen and oxygen atoms in total. The van der Waals surface area contributed by atoms with Crippen LogP contribution in [0, 0.1) is 5.41 Å². The van der Waals surface area contributed by atoms with Crippen LogP contribution in [0.2, 0.25) is 0 Å². The Kier molecular flexibility index (Phi) is 2.78. The molecule has 0 aromatic carbocycles. The zero-order valence-electron chi connectivity index (χ0n) is 9.08. The lowest BCUT2D eigenvalue weighted by atomic mass is 9.90. The van der Waals surface area contributed by atoms with Crippen molar-refractivity contribution in [3.8, 4) is 0 Å². The van der Waals surface area contributed by atoms with Gasteiger partial charge in [0, 0.05) is 6.54 Å². The van der Waals surface area contributed by atoms with Crippen molar-refractivity contribution in [1.82, 2.24) is 10.2 Å². The van der Waals surface area contributed by atoms with Gasteiger partial charge in [0.1, 0.15) is 11.2 Å². The molecule has 2 heterocycles. The second-order valence-corrected chi connectivity index (χ2v) is 6.04. The smallest absolute Gasteiger partial charge is 0.315 e. The summed E-state index contributed by atoms with van der Waals surface area (Å²) in [5, 5.41) is 10.8. The third kappa shape index (κ3) is 1.67. The summed E-state index contributed by atoms with van der Waals surface area (Å²) in [6.07, 6.45) is 0.391. The fraction of sp³-hybridized carbons (Fsp3) is 0.667. The molecule has 2 fully saturated rings. The monoisotopic (exact) mass is 260 g/mol. The van der Waals surface area contributed by atoms with E-state index < -0.39 is 34.0 Å². The van der Waals surface area contributed by atoms with Crippen LogP contribution in [0.15, 0.2) is 0 Å². The number of carboxylic acid groups (broad SMARTS) is 1. The van der Waals surface area contributed by atoms with Crippen molar-refractivity contribution in [2.24, 2.45) is 5.41 Å². The van der Waals surface area contributed by atoms with Gasteiger partial charge in [-0.15, -0.1) is 0 Å². The third-order valence-electron chi connectivity index (χ3n) is 3.15. The molecule has 17 heavy (non-hydrogen) atoms. The van der Waals surface area contributed by atoms with E-state index in [4.69, 9.17) is 5.11 Å². The molecule has 0 radical (unpaired) electrons. The first kappa shape index (κ1) is 12.2. The van der Waals surface area contributed by atoms with Gasteiger partial charge in [0.15, 0.2) is 6.04 Å². The number of aliphatic carboxylic acids is 1.